The molecule has 4 aromatic rings. The van der Waals surface area contributed by atoms with Crippen LogP contribution in [0.25, 0.3) is 0 Å². The molecule has 0 aliphatic heterocycles. The molecular formula is C40H45ClF2N2O6S. The molecule has 0 atom stereocenters. The van der Waals surface area contributed by atoms with Gasteiger partial charge in [-0.3, -0.25) is 4.79 Å². The summed E-state index contributed by atoms with van der Waals surface area (Å²) in [4.78, 5) is 26.7. The van der Waals surface area contributed by atoms with Crippen molar-refractivity contribution in [3.8, 4) is 5.75 Å². The molecule has 0 radical (unpaired) electrons. The van der Waals surface area contributed by atoms with E-state index in [9.17, 15) is 28.2 Å². The zero-order chi connectivity index (χ0) is 39.1. The van der Waals surface area contributed by atoms with Crippen LogP contribution in [0.2, 0.25) is 5.02 Å². The first-order valence-electron chi connectivity index (χ1n) is 16.6. The van der Waals surface area contributed by atoms with Crippen molar-refractivity contribution in [3.05, 3.63) is 122 Å². The summed E-state index contributed by atoms with van der Waals surface area (Å²) in [5, 5.41) is 20.6. The SMILES string of the molecule is Cc1c(C)c(F)c(S(=O)(=O)N(CC(=O)N(Cc2cc(C(C)(C)C)cc(C(C)(C)C)c2)c2ccc(C(=O)O)c(O)c2)Cc2ccc(Cl)cc2)c(C)c1F. The van der Waals surface area contributed by atoms with Gasteiger partial charge in [0.05, 0.1) is 13.1 Å². The van der Waals surface area contributed by atoms with Crippen LogP contribution in [0.3, 0.4) is 0 Å². The van der Waals surface area contributed by atoms with Crippen molar-refractivity contribution in [3.63, 3.8) is 0 Å². The van der Waals surface area contributed by atoms with Gasteiger partial charge in [-0.15, -0.1) is 0 Å². The summed E-state index contributed by atoms with van der Waals surface area (Å²) in [6.45, 7) is 14.8. The molecule has 1 amide bonds. The van der Waals surface area contributed by atoms with Crippen LogP contribution >= 0.6 is 11.6 Å². The number of sulfonamides is 1. The van der Waals surface area contributed by atoms with Gasteiger partial charge in [0.2, 0.25) is 15.9 Å². The van der Waals surface area contributed by atoms with E-state index in [0.29, 0.717) is 16.1 Å². The molecule has 52 heavy (non-hydrogen) atoms. The molecule has 0 saturated heterocycles. The fourth-order valence-electron chi connectivity index (χ4n) is 5.76. The number of rotatable bonds is 10. The third-order valence-electron chi connectivity index (χ3n) is 9.16. The molecular weight excluding hydrogens is 710 g/mol. The van der Waals surface area contributed by atoms with Crippen molar-refractivity contribution in [1.29, 1.82) is 0 Å². The smallest absolute Gasteiger partial charge is 0.339 e. The number of hydrogen-bond acceptors (Lipinski definition) is 5. The standard InChI is InChI=1S/C40H45ClF2N2O6S/c1-23-24(2)36(43)37(25(3)35(23)42)52(50,51)44(20-26-10-12-30(41)13-11-26)22-34(47)45(31-14-15-32(38(48)49)33(46)19-31)21-27-16-28(39(4,5)6)18-29(17-27)40(7,8)9/h10-19,46H,20-22H2,1-9H3,(H,48,49). The molecule has 0 spiro atoms. The van der Waals surface area contributed by atoms with Gasteiger partial charge in [-0.1, -0.05) is 83.5 Å². The number of amides is 1. The quantitative estimate of drug-likeness (QED) is 0.167. The Labute approximate surface area is 309 Å². The molecule has 2 N–H and O–H groups in total. The van der Waals surface area contributed by atoms with Crippen molar-refractivity contribution >= 4 is 39.2 Å². The Kier molecular flexibility index (Phi) is 11.6. The van der Waals surface area contributed by atoms with Crippen LogP contribution < -0.4 is 4.90 Å². The van der Waals surface area contributed by atoms with Gasteiger partial charge in [-0.2, -0.15) is 4.31 Å². The summed E-state index contributed by atoms with van der Waals surface area (Å²) < 4.78 is 60.8. The highest BCUT2D eigenvalue weighted by Gasteiger charge is 2.35. The highest BCUT2D eigenvalue weighted by Crippen LogP contribution is 2.34. The maximum atomic E-state index is 15.9. The second-order valence-electron chi connectivity index (χ2n) is 15.1. The van der Waals surface area contributed by atoms with E-state index in [0.717, 1.165) is 27.6 Å². The van der Waals surface area contributed by atoms with Crippen molar-refractivity contribution in [2.45, 2.75) is 91.1 Å². The van der Waals surface area contributed by atoms with Crippen molar-refractivity contribution in [2.75, 3.05) is 11.4 Å². The van der Waals surface area contributed by atoms with Gasteiger partial charge in [0.25, 0.3) is 0 Å². The zero-order valence-corrected chi connectivity index (χ0v) is 32.4. The highest BCUT2D eigenvalue weighted by molar-refractivity contribution is 7.89. The van der Waals surface area contributed by atoms with Gasteiger partial charge < -0.3 is 15.1 Å². The number of aromatic hydroxyl groups is 1. The van der Waals surface area contributed by atoms with Crippen molar-refractivity contribution in [1.82, 2.24) is 4.31 Å². The Hall–Kier alpha value is -4.32. The number of anilines is 1. The van der Waals surface area contributed by atoms with E-state index < -0.39 is 68.4 Å². The van der Waals surface area contributed by atoms with Crippen LogP contribution in [0.1, 0.15) is 90.8 Å². The van der Waals surface area contributed by atoms with E-state index in [1.54, 1.807) is 24.3 Å². The lowest BCUT2D eigenvalue weighted by Crippen LogP contribution is -2.43. The summed E-state index contributed by atoms with van der Waals surface area (Å²) in [6, 6.07) is 15.8. The monoisotopic (exact) mass is 754 g/mol. The summed E-state index contributed by atoms with van der Waals surface area (Å²) in [5.74, 6) is -4.76. The number of carbonyl (C=O) groups excluding carboxylic acids is 1. The molecule has 8 nitrogen and oxygen atoms in total. The lowest BCUT2D eigenvalue weighted by atomic mass is 9.79. The topological polar surface area (TPSA) is 115 Å². The molecule has 4 aromatic carbocycles. The molecule has 12 heteroatoms. The molecule has 0 unspecified atom stereocenters. The minimum atomic E-state index is -4.88. The zero-order valence-electron chi connectivity index (χ0n) is 30.9. The van der Waals surface area contributed by atoms with E-state index in [1.807, 2.05) is 12.1 Å². The predicted molar refractivity (Wildman–Crippen MR) is 200 cm³/mol. The average molecular weight is 755 g/mol. The number of aromatic carboxylic acids is 1. The minimum absolute atomic E-state index is 0.0304. The fraction of sp³-hybridized carbons (Fsp3) is 0.350. The van der Waals surface area contributed by atoms with Gasteiger partial charge in [-0.05, 0) is 89.2 Å². The first-order chi connectivity index (χ1) is 23.9. The van der Waals surface area contributed by atoms with Crippen LogP contribution in [-0.4, -0.2) is 41.4 Å². The normalized spacial score (nSPS) is 12.3. The maximum absolute atomic E-state index is 15.9. The van der Waals surface area contributed by atoms with Crippen LogP contribution in [0.15, 0.2) is 65.6 Å². The lowest BCUT2D eigenvalue weighted by Gasteiger charge is -2.30. The number of carboxylic acid groups (broad SMARTS) is 1. The third kappa shape index (κ3) is 8.65. The lowest BCUT2D eigenvalue weighted by molar-refractivity contribution is -0.119. The van der Waals surface area contributed by atoms with Gasteiger partial charge in [0.1, 0.15) is 27.8 Å². The van der Waals surface area contributed by atoms with E-state index in [-0.39, 0.29) is 34.2 Å². The second kappa shape index (κ2) is 15.0. The number of halogens is 3. The molecule has 278 valence electrons. The number of hydrogen-bond donors (Lipinski definition) is 2. The molecule has 0 bridgehead atoms. The molecule has 0 aliphatic carbocycles. The maximum Gasteiger partial charge on any atom is 0.339 e. The number of carbonyl (C=O) groups is 2. The van der Waals surface area contributed by atoms with Gasteiger partial charge in [-0.25, -0.2) is 22.0 Å². The Morgan fingerprint density at radius 3 is 1.79 bits per heavy atom. The molecule has 0 aliphatic rings. The molecule has 0 saturated carbocycles. The first-order valence-corrected chi connectivity index (χ1v) is 18.5. The van der Waals surface area contributed by atoms with E-state index in [1.165, 1.54) is 31.7 Å². The van der Waals surface area contributed by atoms with Gasteiger partial charge >= 0.3 is 5.97 Å². The summed E-state index contributed by atoms with van der Waals surface area (Å²) >= 11 is 6.08. The fourth-order valence-corrected chi connectivity index (χ4v) is 7.60. The summed E-state index contributed by atoms with van der Waals surface area (Å²) in [5.41, 5.74) is 1.60. The van der Waals surface area contributed by atoms with E-state index in [2.05, 4.69) is 47.6 Å². The van der Waals surface area contributed by atoms with E-state index >= 15 is 8.78 Å². The van der Waals surface area contributed by atoms with Gasteiger partial charge in [0.15, 0.2) is 0 Å². The highest BCUT2D eigenvalue weighted by atomic mass is 35.5. The Balaban J connectivity index is 1.91. The van der Waals surface area contributed by atoms with Gasteiger partial charge in [0, 0.05) is 28.9 Å². The Bertz CT molecular complexity index is 2080. The Morgan fingerprint density at radius 2 is 1.29 bits per heavy atom. The molecule has 0 heterocycles. The van der Waals surface area contributed by atoms with Crippen LogP contribution in [0.4, 0.5) is 14.5 Å². The molecule has 0 fully saturated rings. The van der Waals surface area contributed by atoms with E-state index in [4.69, 9.17) is 11.6 Å². The first kappa shape index (κ1) is 40.5. The third-order valence-corrected chi connectivity index (χ3v) is 11.4. The Morgan fingerprint density at radius 1 is 0.750 bits per heavy atom. The number of carboxylic acids is 1. The molecule has 0 aromatic heterocycles. The number of nitrogens with zero attached hydrogens (tertiary/aromatic N) is 2. The summed E-state index contributed by atoms with van der Waals surface area (Å²) in [6.07, 6.45) is 0. The second-order valence-corrected chi connectivity index (χ2v) is 17.4. The van der Waals surface area contributed by atoms with Crippen LogP contribution in [-0.2, 0) is 38.7 Å². The largest absolute Gasteiger partial charge is 0.507 e. The number of benzene rings is 4. The predicted octanol–water partition coefficient (Wildman–Crippen LogP) is 8.97. The van der Waals surface area contributed by atoms with Crippen LogP contribution in [0, 0.1) is 32.4 Å². The van der Waals surface area contributed by atoms with Crippen LogP contribution in [0.5, 0.6) is 5.75 Å². The molecule has 4 rings (SSSR count). The number of phenols is 1. The van der Waals surface area contributed by atoms with Crippen molar-refractivity contribution in [2.24, 2.45) is 0 Å². The summed E-state index contributed by atoms with van der Waals surface area (Å²) in [7, 11) is -4.88. The van der Waals surface area contributed by atoms with Crippen molar-refractivity contribution < 1.29 is 37.0 Å². The average Bonchev–Trinajstić information content (AvgIpc) is 3.04. The minimum Gasteiger partial charge on any atom is -0.507 e.